The molecule has 0 unspecified atom stereocenters. The fraction of sp³-hybridized carbons (Fsp3) is 0.208. The first-order valence-electron chi connectivity index (χ1n) is 10.1. The van der Waals surface area contributed by atoms with Gasteiger partial charge in [0.15, 0.2) is 5.65 Å². The number of fused-ring (bicyclic) bond motifs is 1. The highest BCUT2D eigenvalue weighted by Crippen LogP contribution is 2.25. The van der Waals surface area contributed by atoms with Crippen molar-refractivity contribution in [2.24, 2.45) is 0 Å². The van der Waals surface area contributed by atoms with Gasteiger partial charge in [-0.2, -0.15) is 0 Å². The molecule has 0 atom stereocenters. The molecular weight excluding hydrogens is 431 g/mol. The molecule has 0 aliphatic heterocycles. The lowest BCUT2D eigenvalue weighted by molar-refractivity contribution is -0.116. The summed E-state index contributed by atoms with van der Waals surface area (Å²) in [6.07, 6.45) is 1.54. The monoisotopic (exact) mass is 452 g/mol. The van der Waals surface area contributed by atoms with Crippen LogP contribution < -0.4 is 10.9 Å². The molecule has 0 saturated heterocycles. The second kappa shape index (κ2) is 8.59. The number of nitrogens with zero attached hydrogens (tertiary/aromatic N) is 3. The van der Waals surface area contributed by atoms with E-state index in [4.69, 9.17) is 11.6 Å². The Morgan fingerprint density at radius 1 is 1.16 bits per heavy atom. The molecule has 0 saturated carbocycles. The molecule has 0 bridgehead atoms. The summed E-state index contributed by atoms with van der Waals surface area (Å²) in [6.45, 7) is 5.76. The van der Waals surface area contributed by atoms with Gasteiger partial charge >= 0.3 is 0 Å². The minimum atomic E-state index is -0.364. The van der Waals surface area contributed by atoms with E-state index in [1.54, 1.807) is 34.9 Å². The zero-order valence-electron chi connectivity index (χ0n) is 17.9. The summed E-state index contributed by atoms with van der Waals surface area (Å²) < 4.78 is 17.0. The van der Waals surface area contributed by atoms with E-state index in [-0.39, 0.29) is 30.2 Å². The zero-order chi connectivity index (χ0) is 23.0. The largest absolute Gasteiger partial charge is 0.326 e. The quantitative estimate of drug-likeness (QED) is 0.466. The third kappa shape index (κ3) is 4.03. The molecule has 0 spiro atoms. The summed E-state index contributed by atoms with van der Waals surface area (Å²) in [5, 5.41) is 3.90. The van der Waals surface area contributed by atoms with Crippen LogP contribution in [0, 0.1) is 26.6 Å². The van der Waals surface area contributed by atoms with Crippen LogP contribution in [0.25, 0.3) is 16.7 Å². The van der Waals surface area contributed by atoms with Crippen LogP contribution in [0.4, 0.5) is 10.1 Å². The van der Waals surface area contributed by atoms with Crippen LogP contribution in [0.3, 0.4) is 0 Å². The summed E-state index contributed by atoms with van der Waals surface area (Å²) in [5.74, 6) is -0.579. The SMILES string of the molecule is Cc1cc(Cl)ccc1NC(=O)CCn1cnc2c(c(C)c(C)n2-c2cccc(F)c2)c1=O. The average molecular weight is 453 g/mol. The highest BCUT2D eigenvalue weighted by Gasteiger charge is 2.18. The number of nitrogens with one attached hydrogen (secondary N) is 1. The average Bonchev–Trinajstić information content (AvgIpc) is 3.00. The molecule has 4 rings (SSSR count). The van der Waals surface area contributed by atoms with Crippen molar-refractivity contribution in [3.63, 3.8) is 0 Å². The lowest BCUT2D eigenvalue weighted by atomic mass is 10.2. The Morgan fingerprint density at radius 2 is 1.94 bits per heavy atom. The predicted octanol–water partition coefficient (Wildman–Crippen LogP) is 4.93. The molecule has 1 N–H and O–H groups in total. The fourth-order valence-electron chi connectivity index (χ4n) is 3.78. The normalized spacial score (nSPS) is 11.2. The lowest BCUT2D eigenvalue weighted by Gasteiger charge is -2.10. The molecular formula is C24H22ClFN4O2. The molecule has 6 nitrogen and oxygen atoms in total. The molecule has 0 aliphatic carbocycles. The van der Waals surface area contributed by atoms with Crippen molar-refractivity contribution in [3.8, 4) is 5.69 Å². The number of anilines is 1. The first-order chi connectivity index (χ1) is 15.3. The number of carbonyl (C=O) groups is 1. The van der Waals surface area contributed by atoms with Crippen LogP contribution in [0.15, 0.2) is 53.6 Å². The number of aryl methyl sites for hydroxylation is 3. The number of rotatable bonds is 5. The maximum absolute atomic E-state index is 13.8. The second-order valence-corrected chi connectivity index (χ2v) is 8.16. The molecule has 0 fully saturated rings. The zero-order valence-corrected chi connectivity index (χ0v) is 18.7. The van der Waals surface area contributed by atoms with E-state index in [9.17, 15) is 14.0 Å². The summed E-state index contributed by atoms with van der Waals surface area (Å²) in [7, 11) is 0. The summed E-state index contributed by atoms with van der Waals surface area (Å²) in [5.41, 5.74) is 3.95. The first kappa shape index (κ1) is 21.8. The summed E-state index contributed by atoms with van der Waals surface area (Å²) >= 11 is 5.95. The van der Waals surface area contributed by atoms with Gasteiger partial charge in [0, 0.05) is 29.4 Å². The number of hydrogen-bond donors (Lipinski definition) is 1. The van der Waals surface area contributed by atoms with Gasteiger partial charge in [-0.3, -0.25) is 18.7 Å². The van der Waals surface area contributed by atoms with Gasteiger partial charge in [0.2, 0.25) is 5.91 Å². The number of amides is 1. The van der Waals surface area contributed by atoms with Crippen molar-refractivity contribution in [1.29, 1.82) is 0 Å². The van der Waals surface area contributed by atoms with Gasteiger partial charge in [-0.25, -0.2) is 9.37 Å². The van der Waals surface area contributed by atoms with Gasteiger partial charge in [-0.05, 0) is 68.3 Å². The van der Waals surface area contributed by atoms with Crippen molar-refractivity contribution in [3.05, 3.63) is 86.8 Å². The minimum Gasteiger partial charge on any atom is -0.326 e. The number of carbonyl (C=O) groups excluding carboxylic acids is 1. The van der Waals surface area contributed by atoms with E-state index in [0.717, 1.165) is 16.8 Å². The molecule has 164 valence electrons. The Balaban J connectivity index is 1.61. The number of hydrogen-bond acceptors (Lipinski definition) is 3. The first-order valence-corrected chi connectivity index (χ1v) is 10.5. The smallest absolute Gasteiger partial charge is 0.263 e. The number of halogens is 2. The summed E-state index contributed by atoms with van der Waals surface area (Å²) in [6, 6.07) is 11.4. The second-order valence-electron chi connectivity index (χ2n) is 7.72. The van der Waals surface area contributed by atoms with E-state index in [1.807, 2.05) is 20.8 Å². The predicted molar refractivity (Wildman–Crippen MR) is 124 cm³/mol. The van der Waals surface area contributed by atoms with E-state index >= 15 is 0 Å². The van der Waals surface area contributed by atoms with Crippen LogP contribution in [0.1, 0.15) is 23.2 Å². The summed E-state index contributed by atoms with van der Waals surface area (Å²) in [4.78, 5) is 30.1. The Kier molecular flexibility index (Phi) is 5.84. The maximum Gasteiger partial charge on any atom is 0.263 e. The van der Waals surface area contributed by atoms with Crippen molar-refractivity contribution in [1.82, 2.24) is 14.1 Å². The molecule has 8 heteroatoms. The highest BCUT2D eigenvalue weighted by atomic mass is 35.5. The van der Waals surface area contributed by atoms with Crippen LogP contribution in [-0.4, -0.2) is 20.0 Å². The van der Waals surface area contributed by atoms with Crippen LogP contribution in [0.5, 0.6) is 0 Å². The van der Waals surface area contributed by atoms with E-state index < -0.39 is 0 Å². The Morgan fingerprint density at radius 3 is 2.66 bits per heavy atom. The van der Waals surface area contributed by atoms with Crippen LogP contribution in [-0.2, 0) is 11.3 Å². The third-order valence-corrected chi connectivity index (χ3v) is 5.83. The Bertz CT molecular complexity index is 1410. The van der Waals surface area contributed by atoms with Crippen molar-refractivity contribution in [2.45, 2.75) is 33.7 Å². The van der Waals surface area contributed by atoms with Crippen molar-refractivity contribution >= 4 is 34.2 Å². The van der Waals surface area contributed by atoms with E-state index in [1.165, 1.54) is 23.0 Å². The molecule has 2 heterocycles. The Hall–Kier alpha value is -3.45. The molecule has 0 radical (unpaired) electrons. The Labute approximate surface area is 189 Å². The van der Waals surface area contributed by atoms with Crippen LogP contribution >= 0.6 is 11.6 Å². The molecule has 0 aliphatic rings. The van der Waals surface area contributed by atoms with Crippen LogP contribution in [0.2, 0.25) is 5.02 Å². The van der Waals surface area contributed by atoms with E-state index in [2.05, 4.69) is 10.3 Å². The standard InChI is InChI=1S/C24H22ClFN4O2/c1-14-11-17(25)7-8-20(14)28-21(31)9-10-29-13-27-23-22(24(29)32)15(2)16(3)30(23)19-6-4-5-18(26)12-19/h4-8,11-13H,9-10H2,1-3H3,(H,28,31). The molecule has 2 aromatic heterocycles. The third-order valence-electron chi connectivity index (χ3n) is 5.59. The van der Waals surface area contributed by atoms with Crippen molar-refractivity contribution in [2.75, 3.05) is 5.32 Å². The maximum atomic E-state index is 13.8. The van der Waals surface area contributed by atoms with Gasteiger partial charge in [-0.15, -0.1) is 0 Å². The lowest BCUT2D eigenvalue weighted by Crippen LogP contribution is -2.24. The topological polar surface area (TPSA) is 68.9 Å². The molecule has 32 heavy (non-hydrogen) atoms. The van der Waals surface area contributed by atoms with E-state index in [0.29, 0.717) is 27.4 Å². The molecule has 1 amide bonds. The minimum absolute atomic E-state index is 0.109. The molecule has 2 aromatic carbocycles. The van der Waals surface area contributed by atoms with Gasteiger partial charge in [0.1, 0.15) is 5.82 Å². The van der Waals surface area contributed by atoms with Gasteiger partial charge in [-0.1, -0.05) is 17.7 Å². The number of aromatic nitrogens is 3. The van der Waals surface area contributed by atoms with Gasteiger partial charge in [0.25, 0.3) is 5.56 Å². The number of benzene rings is 2. The molecule has 4 aromatic rings. The van der Waals surface area contributed by atoms with Gasteiger partial charge in [0.05, 0.1) is 17.4 Å². The fourth-order valence-corrected chi connectivity index (χ4v) is 4.00. The highest BCUT2D eigenvalue weighted by molar-refractivity contribution is 6.30. The van der Waals surface area contributed by atoms with Crippen molar-refractivity contribution < 1.29 is 9.18 Å². The van der Waals surface area contributed by atoms with Gasteiger partial charge < -0.3 is 5.32 Å².